The molecular formula is C17H13IN2O2. The van der Waals surface area contributed by atoms with Gasteiger partial charge in [-0.3, -0.25) is 4.79 Å². The highest BCUT2D eigenvalue weighted by Crippen LogP contribution is 2.21. The number of rotatable bonds is 4. The number of benzene rings is 2. The summed E-state index contributed by atoms with van der Waals surface area (Å²) in [5, 5.41) is 21.3. The molecule has 2 aromatic rings. The van der Waals surface area contributed by atoms with Crippen LogP contribution in [0.5, 0.6) is 5.75 Å². The van der Waals surface area contributed by atoms with E-state index in [0.29, 0.717) is 15.7 Å². The molecule has 0 unspecified atom stereocenters. The Labute approximate surface area is 142 Å². The highest BCUT2D eigenvalue weighted by Gasteiger charge is 2.09. The normalized spacial score (nSPS) is 10.8. The van der Waals surface area contributed by atoms with Crippen molar-refractivity contribution in [2.45, 2.75) is 6.54 Å². The Morgan fingerprint density at radius 1 is 1.27 bits per heavy atom. The topological polar surface area (TPSA) is 73.1 Å². The van der Waals surface area contributed by atoms with E-state index in [2.05, 4.69) is 5.32 Å². The van der Waals surface area contributed by atoms with Crippen molar-refractivity contribution in [3.8, 4) is 11.8 Å². The van der Waals surface area contributed by atoms with Gasteiger partial charge in [-0.1, -0.05) is 36.4 Å². The van der Waals surface area contributed by atoms with Crippen molar-refractivity contribution in [3.63, 3.8) is 0 Å². The van der Waals surface area contributed by atoms with Crippen LogP contribution in [0.3, 0.4) is 0 Å². The van der Waals surface area contributed by atoms with Gasteiger partial charge in [-0.05, 0) is 51.9 Å². The smallest absolute Gasteiger partial charge is 0.262 e. The fraction of sp³-hybridized carbons (Fsp3) is 0.0588. The van der Waals surface area contributed by atoms with Crippen molar-refractivity contribution < 1.29 is 9.90 Å². The van der Waals surface area contributed by atoms with Gasteiger partial charge in [0.05, 0.1) is 3.57 Å². The monoisotopic (exact) mass is 404 g/mol. The van der Waals surface area contributed by atoms with Crippen LogP contribution in [-0.2, 0) is 11.3 Å². The second-order valence-corrected chi connectivity index (χ2v) is 5.71. The van der Waals surface area contributed by atoms with E-state index in [-0.39, 0.29) is 11.3 Å². The van der Waals surface area contributed by atoms with Gasteiger partial charge >= 0.3 is 0 Å². The molecule has 1 amide bonds. The molecule has 0 fully saturated rings. The van der Waals surface area contributed by atoms with Gasteiger partial charge < -0.3 is 10.4 Å². The maximum absolute atomic E-state index is 12.1. The zero-order chi connectivity index (χ0) is 15.9. The van der Waals surface area contributed by atoms with Gasteiger partial charge in [-0.2, -0.15) is 5.26 Å². The van der Waals surface area contributed by atoms with Crippen molar-refractivity contribution in [1.82, 2.24) is 5.32 Å². The summed E-state index contributed by atoms with van der Waals surface area (Å²) in [6.07, 6.45) is 1.50. The summed E-state index contributed by atoms with van der Waals surface area (Å²) in [4.78, 5) is 12.1. The Morgan fingerprint density at radius 3 is 2.64 bits per heavy atom. The number of nitrogens with one attached hydrogen (secondary N) is 1. The van der Waals surface area contributed by atoms with Crippen LogP contribution in [0, 0.1) is 14.9 Å². The Morgan fingerprint density at radius 2 is 2.00 bits per heavy atom. The van der Waals surface area contributed by atoms with Gasteiger partial charge in [0.1, 0.15) is 17.4 Å². The summed E-state index contributed by atoms with van der Waals surface area (Å²) in [6.45, 7) is 0.367. The summed E-state index contributed by atoms with van der Waals surface area (Å²) in [6, 6.07) is 16.3. The maximum atomic E-state index is 12.1. The third kappa shape index (κ3) is 4.33. The predicted molar refractivity (Wildman–Crippen MR) is 92.7 cm³/mol. The average Bonchev–Trinajstić information content (AvgIpc) is 2.54. The number of nitrogens with zero attached hydrogens (tertiary/aromatic N) is 1. The Kier molecular flexibility index (Phi) is 5.55. The highest BCUT2D eigenvalue weighted by molar-refractivity contribution is 14.1. The number of phenols is 1. The zero-order valence-electron chi connectivity index (χ0n) is 11.6. The first-order valence-corrected chi connectivity index (χ1v) is 7.60. The molecule has 0 spiro atoms. The van der Waals surface area contributed by atoms with Crippen LogP contribution < -0.4 is 5.32 Å². The number of carbonyl (C=O) groups is 1. The van der Waals surface area contributed by atoms with Crippen molar-refractivity contribution in [3.05, 3.63) is 68.8 Å². The molecular weight excluding hydrogens is 391 g/mol. The van der Waals surface area contributed by atoms with Crippen LogP contribution in [0.1, 0.15) is 11.1 Å². The molecule has 0 radical (unpaired) electrons. The standard InChI is InChI=1S/C17H13IN2O2/c18-15-9-13(6-7-16(15)21)8-14(10-19)17(22)20-11-12-4-2-1-3-5-12/h1-9,21H,11H2,(H,20,22)/b14-8+. The van der Waals surface area contributed by atoms with E-state index in [1.165, 1.54) is 12.1 Å². The maximum Gasteiger partial charge on any atom is 0.262 e. The number of hydrogen-bond acceptors (Lipinski definition) is 3. The minimum atomic E-state index is -0.422. The Balaban J connectivity index is 2.10. The molecule has 2 aromatic carbocycles. The molecule has 110 valence electrons. The molecule has 0 saturated heterocycles. The first-order chi connectivity index (χ1) is 10.6. The largest absolute Gasteiger partial charge is 0.507 e. The summed E-state index contributed by atoms with van der Waals surface area (Å²) in [5.41, 5.74) is 1.68. The van der Waals surface area contributed by atoms with E-state index < -0.39 is 5.91 Å². The quantitative estimate of drug-likeness (QED) is 0.467. The Bertz CT molecular complexity index is 749. The molecule has 4 nitrogen and oxygen atoms in total. The first-order valence-electron chi connectivity index (χ1n) is 6.52. The predicted octanol–water partition coefficient (Wildman–Crippen LogP) is 3.22. The average molecular weight is 404 g/mol. The lowest BCUT2D eigenvalue weighted by Gasteiger charge is -2.05. The van der Waals surface area contributed by atoms with Crippen LogP contribution in [0.15, 0.2) is 54.1 Å². The van der Waals surface area contributed by atoms with Gasteiger partial charge in [-0.15, -0.1) is 0 Å². The minimum Gasteiger partial charge on any atom is -0.507 e. The number of carbonyl (C=O) groups excluding carboxylic acids is 1. The number of hydrogen-bond donors (Lipinski definition) is 2. The summed E-state index contributed by atoms with van der Waals surface area (Å²) >= 11 is 1.99. The summed E-state index contributed by atoms with van der Waals surface area (Å²) < 4.78 is 0.660. The zero-order valence-corrected chi connectivity index (χ0v) is 13.7. The van der Waals surface area contributed by atoms with E-state index in [9.17, 15) is 9.90 Å². The van der Waals surface area contributed by atoms with Crippen molar-refractivity contribution in [2.75, 3.05) is 0 Å². The van der Waals surface area contributed by atoms with Gasteiger partial charge in [0.2, 0.25) is 0 Å². The van der Waals surface area contributed by atoms with E-state index in [4.69, 9.17) is 5.26 Å². The summed E-state index contributed by atoms with van der Waals surface area (Å²) in [5.74, 6) is -0.251. The number of nitriles is 1. The molecule has 0 aliphatic carbocycles. The Hall–Kier alpha value is -2.33. The van der Waals surface area contributed by atoms with E-state index in [1.807, 2.05) is 59.0 Å². The fourth-order valence-corrected chi connectivity index (χ4v) is 2.34. The minimum absolute atomic E-state index is 0.0254. The van der Waals surface area contributed by atoms with Crippen molar-refractivity contribution in [2.24, 2.45) is 0 Å². The molecule has 0 aromatic heterocycles. The number of aromatic hydroxyl groups is 1. The number of halogens is 1. The molecule has 0 aliphatic heterocycles. The van der Waals surface area contributed by atoms with Crippen molar-refractivity contribution >= 4 is 34.6 Å². The molecule has 22 heavy (non-hydrogen) atoms. The molecule has 0 saturated carbocycles. The fourth-order valence-electron chi connectivity index (χ4n) is 1.80. The molecule has 0 atom stereocenters. The van der Waals surface area contributed by atoms with E-state index in [1.54, 1.807) is 12.1 Å². The van der Waals surface area contributed by atoms with Crippen LogP contribution in [0.2, 0.25) is 0 Å². The second-order valence-electron chi connectivity index (χ2n) is 4.55. The van der Waals surface area contributed by atoms with Crippen molar-refractivity contribution in [1.29, 1.82) is 5.26 Å². The van der Waals surface area contributed by atoms with Crippen LogP contribution in [0.25, 0.3) is 6.08 Å². The van der Waals surface area contributed by atoms with Gasteiger partial charge in [0.15, 0.2) is 0 Å². The van der Waals surface area contributed by atoms with E-state index in [0.717, 1.165) is 5.56 Å². The molecule has 2 rings (SSSR count). The lowest BCUT2D eigenvalue weighted by molar-refractivity contribution is -0.117. The number of phenolic OH excluding ortho intramolecular Hbond substituents is 1. The van der Waals surface area contributed by atoms with Gasteiger partial charge in [0.25, 0.3) is 5.91 Å². The van der Waals surface area contributed by atoms with Gasteiger partial charge in [-0.25, -0.2) is 0 Å². The third-order valence-corrected chi connectivity index (χ3v) is 3.81. The SMILES string of the molecule is N#C/C(=C\c1ccc(O)c(I)c1)C(=O)NCc1ccccc1. The van der Waals surface area contributed by atoms with Crippen LogP contribution in [0.4, 0.5) is 0 Å². The second kappa shape index (κ2) is 7.61. The number of amides is 1. The lowest BCUT2D eigenvalue weighted by Crippen LogP contribution is -2.23. The highest BCUT2D eigenvalue weighted by atomic mass is 127. The van der Waals surface area contributed by atoms with Crippen LogP contribution >= 0.6 is 22.6 Å². The molecule has 0 aliphatic rings. The summed E-state index contributed by atoms with van der Waals surface area (Å²) in [7, 11) is 0. The molecule has 5 heteroatoms. The third-order valence-electron chi connectivity index (χ3n) is 2.94. The van der Waals surface area contributed by atoms with Gasteiger partial charge in [0, 0.05) is 6.54 Å². The molecule has 2 N–H and O–H groups in total. The first kappa shape index (κ1) is 16.0. The van der Waals surface area contributed by atoms with Crippen LogP contribution in [-0.4, -0.2) is 11.0 Å². The lowest BCUT2D eigenvalue weighted by atomic mass is 10.1. The van der Waals surface area contributed by atoms with E-state index >= 15 is 0 Å². The molecule has 0 heterocycles. The molecule has 0 bridgehead atoms.